The molecule has 11 nitrogen and oxygen atoms in total. The topological polar surface area (TPSA) is 131 Å². The highest BCUT2D eigenvalue weighted by molar-refractivity contribution is 6.04. The molecule has 1 aliphatic rings. The number of nitrogens with zero attached hydrogens (tertiary/aromatic N) is 3. The Morgan fingerprint density at radius 1 is 1.07 bits per heavy atom. The maximum absolute atomic E-state index is 13.2. The van der Waals surface area contributed by atoms with Crippen LogP contribution in [0.2, 0.25) is 0 Å². The Balaban J connectivity index is 1.35. The van der Waals surface area contributed by atoms with E-state index in [-0.39, 0.29) is 12.0 Å². The lowest BCUT2D eigenvalue weighted by Crippen LogP contribution is -2.40. The zero-order chi connectivity index (χ0) is 29.7. The van der Waals surface area contributed by atoms with E-state index >= 15 is 0 Å². The molecule has 0 unspecified atom stereocenters. The predicted octanol–water partition coefficient (Wildman–Crippen LogP) is 5.78. The number of rotatable bonds is 8. The Labute approximate surface area is 244 Å². The largest absolute Gasteiger partial charge is 0.489 e. The number of aromatic nitrogens is 3. The van der Waals surface area contributed by atoms with Gasteiger partial charge < -0.3 is 34.7 Å². The van der Waals surface area contributed by atoms with Crippen LogP contribution in [0, 0.1) is 0 Å². The highest BCUT2D eigenvalue weighted by atomic mass is 16.6. The van der Waals surface area contributed by atoms with Crippen molar-refractivity contribution >= 4 is 51.0 Å². The Kier molecular flexibility index (Phi) is 8.58. The molecule has 0 spiro atoms. The van der Waals surface area contributed by atoms with Crippen molar-refractivity contribution in [1.82, 2.24) is 19.9 Å². The number of hydrogen-bond acceptors (Lipinski definition) is 8. The summed E-state index contributed by atoms with van der Waals surface area (Å²) in [6, 6.07) is 11.6. The molecule has 0 radical (unpaired) electrons. The lowest BCUT2D eigenvalue weighted by Gasteiger charge is -2.30. The normalized spacial score (nSPS) is 13.7. The number of piperidine rings is 1. The minimum atomic E-state index is -0.549. The fourth-order valence-electron chi connectivity index (χ4n) is 4.70. The lowest BCUT2D eigenvalue weighted by atomic mass is 10.0. The van der Waals surface area contributed by atoms with Crippen molar-refractivity contribution in [2.45, 2.75) is 39.2 Å². The first-order valence-electron chi connectivity index (χ1n) is 13.9. The van der Waals surface area contributed by atoms with Gasteiger partial charge in [-0.15, -0.1) is 0 Å². The molecule has 1 fully saturated rings. The van der Waals surface area contributed by atoms with Crippen LogP contribution in [-0.4, -0.2) is 70.9 Å². The Morgan fingerprint density at radius 2 is 1.88 bits per heavy atom. The molecular formula is C31H36N6O5. The predicted molar refractivity (Wildman–Crippen MR) is 162 cm³/mol. The third kappa shape index (κ3) is 7.16. The number of benzene rings is 2. The van der Waals surface area contributed by atoms with E-state index < -0.39 is 5.60 Å². The quantitative estimate of drug-likeness (QED) is 0.179. The summed E-state index contributed by atoms with van der Waals surface area (Å²) in [6.45, 7) is 7.22. The molecule has 42 heavy (non-hydrogen) atoms. The van der Waals surface area contributed by atoms with Gasteiger partial charge in [0.25, 0.3) is 0 Å². The number of carbonyl (C=O) groups is 2. The molecule has 3 N–H and O–H groups in total. The zero-order valence-corrected chi connectivity index (χ0v) is 24.3. The van der Waals surface area contributed by atoms with Crippen molar-refractivity contribution in [1.29, 1.82) is 0 Å². The molecule has 1 aliphatic heterocycles. The van der Waals surface area contributed by atoms with Gasteiger partial charge in [-0.3, -0.25) is 4.79 Å². The number of likely N-dealkylation sites (tertiary alicyclic amines) is 1. The van der Waals surface area contributed by atoms with Crippen LogP contribution in [0.15, 0.2) is 60.6 Å². The van der Waals surface area contributed by atoms with E-state index in [0.717, 1.165) is 27.5 Å². The summed E-state index contributed by atoms with van der Waals surface area (Å²) < 4.78 is 16.6. The first-order valence-corrected chi connectivity index (χ1v) is 13.9. The number of fused-ring (bicyclic) bond motifs is 2. The van der Waals surface area contributed by atoms with Crippen LogP contribution in [0.4, 0.5) is 22.0 Å². The van der Waals surface area contributed by atoms with E-state index in [1.165, 1.54) is 6.33 Å². The summed E-state index contributed by atoms with van der Waals surface area (Å²) in [5.41, 5.74) is 3.47. The summed E-state index contributed by atoms with van der Waals surface area (Å²) in [5, 5.41) is 8.16. The average molecular weight is 573 g/mol. The zero-order valence-electron chi connectivity index (χ0n) is 24.3. The number of nitrogens with one attached hydrogen (secondary N) is 3. The minimum Gasteiger partial charge on any atom is -0.489 e. The first-order chi connectivity index (χ1) is 20.2. The van der Waals surface area contributed by atoms with Crippen molar-refractivity contribution in [2.75, 3.05) is 44.0 Å². The van der Waals surface area contributed by atoms with Gasteiger partial charge in [0.1, 0.15) is 30.1 Å². The van der Waals surface area contributed by atoms with E-state index in [0.29, 0.717) is 61.9 Å². The molecule has 2 aromatic heterocycles. The molecule has 3 heterocycles. The lowest BCUT2D eigenvalue weighted by molar-refractivity contribution is -0.112. The summed E-state index contributed by atoms with van der Waals surface area (Å²) in [7, 11) is 1.60. The molecule has 11 heteroatoms. The maximum atomic E-state index is 13.2. The molecule has 0 atom stereocenters. The molecule has 0 bridgehead atoms. The van der Waals surface area contributed by atoms with E-state index in [1.807, 2.05) is 57.3 Å². The number of anilines is 3. The molecule has 2 aromatic carbocycles. The molecule has 0 saturated carbocycles. The third-order valence-corrected chi connectivity index (χ3v) is 6.75. The van der Waals surface area contributed by atoms with Crippen LogP contribution in [-0.2, 0) is 14.3 Å². The second-order valence-corrected chi connectivity index (χ2v) is 11.1. The molecule has 4 aromatic rings. The summed E-state index contributed by atoms with van der Waals surface area (Å²) in [6.07, 6.45) is 5.84. The number of amides is 2. The molecule has 1 saturated heterocycles. The Bertz CT molecular complexity index is 1610. The number of aromatic amines is 1. The van der Waals surface area contributed by atoms with Crippen LogP contribution >= 0.6 is 0 Å². The van der Waals surface area contributed by atoms with Crippen molar-refractivity contribution in [3.8, 4) is 5.75 Å². The van der Waals surface area contributed by atoms with Crippen molar-refractivity contribution < 1.29 is 23.8 Å². The van der Waals surface area contributed by atoms with Crippen molar-refractivity contribution in [2.24, 2.45) is 0 Å². The van der Waals surface area contributed by atoms with Gasteiger partial charge in [0.15, 0.2) is 0 Å². The van der Waals surface area contributed by atoms with Gasteiger partial charge in [-0.2, -0.15) is 0 Å². The van der Waals surface area contributed by atoms with Gasteiger partial charge in [0.2, 0.25) is 5.91 Å². The number of hydrogen-bond donors (Lipinski definition) is 3. The van der Waals surface area contributed by atoms with Gasteiger partial charge >= 0.3 is 6.09 Å². The summed E-state index contributed by atoms with van der Waals surface area (Å²) in [4.78, 5) is 39.3. The minimum absolute atomic E-state index is 0.282. The highest BCUT2D eigenvalue weighted by Crippen LogP contribution is 2.34. The highest BCUT2D eigenvalue weighted by Gasteiger charge is 2.25. The van der Waals surface area contributed by atoms with Gasteiger partial charge in [-0.25, -0.2) is 14.8 Å². The maximum Gasteiger partial charge on any atom is 0.410 e. The van der Waals surface area contributed by atoms with E-state index in [9.17, 15) is 9.59 Å². The van der Waals surface area contributed by atoms with Gasteiger partial charge in [0, 0.05) is 60.5 Å². The van der Waals surface area contributed by atoms with Crippen molar-refractivity contribution in [3.63, 3.8) is 0 Å². The number of H-pyrrole nitrogens is 1. The molecular weight excluding hydrogens is 536 g/mol. The van der Waals surface area contributed by atoms with Crippen LogP contribution < -0.4 is 15.4 Å². The van der Waals surface area contributed by atoms with Gasteiger partial charge in [-0.05, 0) is 63.9 Å². The van der Waals surface area contributed by atoms with Crippen LogP contribution in [0.25, 0.3) is 21.8 Å². The second-order valence-electron chi connectivity index (χ2n) is 11.1. The fourth-order valence-corrected chi connectivity index (χ4v) is 4.70. The smallest absolute Gasteiger partial charge is 0.410 e. The van der Waals surface area contributed by atoms with E-state index in [2.05, 4.69) is 25.6 Å². The van der Waals surface area contributed by atoms with Crippen LogP contribution in [0.1, 0.15) is 33.6 Å². The fraction of sp³-hybridized carbons (Fsp3) is 0.355. The van der Waals surface area contributed by atoms with E-state index in [1.54, 1.807) is 24.2 Å². The first kappa shape index (κ1) is 28.9. The van der Waals surface area contributed by atoms with Crippen LogP contribution in [0.3, 0.4) is 0 Å². The molecule has 2 amide bonds. The standard InChI is InChI=1S/C31H36N6O5/c1-31(2,3)42-30(39)37-11-8-20(9-12-37)15-28(38)36-26-17-23-25(18-27(26)41-14-13-40-4)33-19-34-29(23)35-22-5-6-24-21(16-22)7-10-32-24/h5-7,10,15-19,32H,8-9,11-14H2,1-4H3,(H,36,38)(H,33,34,35). The SMILES string of the molecule is COCCOc1cc2ncnc(Nc3ccc4[nH]ccc4c3)c2cc1NC(=O)C=C1CCN(C(=O)OC(C)(C)C)CC1. The van der Waals surface area contributed by atoms with E-state index in [4.69, 9.17) is 14.2 Å². The molecule has 220 valence electrons. The van der Waals surface area contributed by atoms with Crippen molar-refractivity contribution in [3.05, 3.63) is 60.6 Å². The summed E-state index contributed by atoms with van der Waals surface area (Å²) >= 11 is 0. The number of carbonyl (C=O) groups excluding carboxylic acids is 2. The summed E-state index contributed by atoms with van der Waals surface area (Å²) in [5.74, 6) is 0.794. The monoisotopic (exact) mass is 572 g/mol. The van der Waals surface area contributed by atoms with Gasteiger partial charge in [0.05, 0.1) is 17.8 Å². The number of methoxy groups -OCH3 is 1. The second kappa shape index (κ2) is 12.5. The average Bonchev–Trinajstić information content (AvgIpc) is 3.41. The Morgan fingerprint density at radius 3 is 2.64 bits per heavy atom. The Hall–Kier alpha value is -4.64. The van der Waals surface area contributed by atoms with Crippen LogP contribution in [0.5, 0.6) is 5.75 Å². The van der Waals surface area contributed by atoms with Gasteiger partial charge in [-0.1, -0.05) is 5.57 Å². The molecule has 0 aliphatic carbocycles. The molecule has 5 rings (SSSR count). The number of ether oxygens (including phenoxy) is 3. The third-order valence-electron chi connectivity index (χ3n) is 6.75.